The third-order valence-electron chi connectivity index (χ3n) is 4.04. The molecule has 1 saturated heterocycles. The SMILES string of the molecule is CCC(CC)(NC(=O)[C@H]1CCN[C@@H](C)C1)C(N)=O. The van der Waals surface area contributed by atoms with Crippen molar-refractivity contribution < 1.29 is 9.59 Å². The van der Waals surface area contributed by atoms with Gasteiger partial charge in [-0.3, -0.25) is 9.59 Å². The Bertz CT molecular complexity index is 313. The summed E-state index contributed by atoms with van der Waals surface area (Å²) in [5.41, 5.74) is 4.55. The van der Waals surface area contributed by atoms with E-state index in [2.05, 4.69) is 17.6 Å². The second kappa shape index (κ2) is 6.18. The van der Waals surface area contributed by atoms with E-state index in [1.54, 1.807) is 0 Å². The van der Waals surface area contributed by atoms with Crippen LogP contribution in [0, 0.1) is 5.92 Å². The molecule has 1 aliphatic heterocycles. The van der Waals surface area contributed by atoms with Crippen LogP contribution in [-0.2, 0) is 9.59 Å². The van der Waals surface area contributed by atoms with Crippen molar-refractivity contribution in [1.29, 1.82) is 0 Å². The lowest BCUT2D eigenvalue weighted by atomic mass is 9.88. The van der Waals surface area contributed by atoms with Crippen LogP contribution >= 0.6 is 0 Å². The molecule has 2 amide bonds. The molecular weight excluding hydrogens is 230 g/mol. The van der Waals surface area contributed by atoms with E-state index in [-0.39, 0.29) is 11.8 Å². The van der Waals surface area contributed by atoms with Crippen molar-refractivity contribution in [3.8, 4) is 0 Å². The largest absolute Gasteiger partial charge is 0.368 e. The van der Waals surface area contributed by atoms with Gasteiger partial charge in [0.25, 0.3) is 0 Å². The van der Waals surface area contributed by atoms with Gasteiger partial charge in [0.2, 0.25) is 11.8 Å². The van der Waals surface area contributed by atoms with E-state index in [4.69, 9.17) is 5.73 Å². The van der Waals surface area contributed by atoms with E-state index in [9.17, 15) is 9.59 Å². The molecule has 0 radical (unpaired) electrons. The molecule has 5 nitrogen and oxygen atoms in total. The summed E-state index contributed by atoms with van der Waals surface area (Å²) >= 11 is 0. The van der Waals surface area contributed by atoms with Crippen molar-refractivity contribution in [2.24, 2.45) is 11.7 Å². The lowest BCUT2D eigenvalue weighted by Crippen LogP contribution is -2.58. The van der Waals surface area contributed by atoms with Crippen molar-refractivity contribution in [2.45, 2.75) is 58.0 Å². The van der Waals surface area contributed by atoms with Crippen LogP contribution in [0.4, 0.5) is 0 Å². The molecule has 1 fully saturated rings. The number of piperidine rings is 1. The molecule has 0 aromatic carbocycles. The number of carbonyl (C=O) groups excluding carboxylic acids is 2. The molecule has 2 atom stereocenters. The number of primary amides is 1. The summed E-state index contributed by atoms with van der Waals surface area (Å²) in [6.07, 6.45) is 2.70. The van der Waals surface area contributed by atoms with Gasteiger partial charge in [-0.25, -0.2) is 0 Å². The smallest absolute Gasteiger partial charge is 0.243 e. The second-order valence-electron chi connectivity index (χ2n) is 5.22. The number of carbonyl (C=O) groups is 2. The predicted molar refractivity (Wildman–Crippen MR) is 70.8 cm³/mol. The van der Waals surface area contributed by atoms with Crippen molar-refractivity contribution in [3.63, 3.8) is 0 Å². The number of rotatable bonds is 5. The van der Waals surface area contributed by atoms with Crippen LogP contribution in [0.5, 0.6) is 0 Å². The van der Waals surface area contributed by atoms with Crippen LogP contribution in [0.25, 0.3) is 0 Å². The van der Waals surface area contributed by atoms with Crippen molar-refractivity contribution in [3.05, 3.63) is 0 Å². The van der Waals surface area contributed by atoms with E-state index < -0.39 is 11.4 Å². The molecule has 1 aliphatic rings. The van der Waals surface area contributed by atoms with Gasteiger partial charge in [-0.05, 0) is 39.2 Å². The Labute approximate surface area is 109 Å². The highest BCUT2D eigenvalue weighted by molar-refractivity contribution is 5.91. The van der Waals surface area contributed by atoms with Gasteiger partial charge in [-0.2, -0.15) is 0 Å². The van der Waals surface area contributed by atoms with Crippen LogP contribution in [0.15, 0.2) is 0 Å². The number of nitrogens with one attached hydrogen (secondary N) is 2. The van der Waals surface area contributed by atoms with E-state index in [1.807, 2.05) is 13.8 Å². The lowest BCUT2D eigenvalue weighted by molar-refractivity contribution is -0.134. The molecule has 5 heteroatoms. The zero-order chi connectivity index (χ0) is 13.8. The molecule has 1 heterocycles. The molecule has 0 bridgehead atoms. The van der Waals surface area contributed by atoms with E-state index in [0.717, 1.165) is 19.4 Å². The van der Waals surface area contributed by atoms with Crippen molar-refractivity contribution in [1.82, 2.24) is 10.6 Å². The standard InChI is InChI=1S/C13H25N3O2/c1-4-13(5-2,12(14)18)16-11(17)10-6-7-15-9(3)8-10/h9-10,15H,4-8H2,1-3H3,(H2,14,18)(H,16,17)/t9-,10-/m0/s1. The molecule has 104 valence electrons. The summed E-state index contributed by atoms with van der Waals surface area (Å²) in [6.45, 7) is 6.67. The first-order chi connectivity index (χ1) is 8.45. The first-order valence-corrected chi connectivity index (χ1v) is 6.80. The highest BCUT2D eigenvalue weighted by Gasteiger charge is 2.37. The molecule has 0 saturated carbocycles. The molecule has 0 aromatic rings. The van der Waals surface area contributed by atoms with E-state index >= 15 is 0 Å². The fourth-order valence-electron chi connectivity index (χ4n) is 2.54. The molecule has 4 N–H and O–H groups in total. The lowest BCUT2D eigenvalue weighted by Gasteiger charge is -2.33. The Kier molecular flexibility index (Phi) is 5.14. The van der Waals surface area contributed by atoms with Gasteiger partial charge in [-0.1, -0.05) is 13.8 Å². The molecule has 0 spiro atoms. The first kappa shape index (κ1) is 15.0. The van der Waals surface area contributed by atoms with Gasteiger partial charge in [0, 0.05) is 12.0 Å². The third kappa shape index (κ3) is 3.22. The predicted octanol–water partition coefficient (Wildman–Crippen LogP) is 0.535. The molecular formula is C13H25N3O2. The van der Waals surface area contributed by atoms with Crippen LogP contribution in [-0.4, -0.2) is 29.9 Å². The summed E-state index contributed by atoms with van der Waals surface area (Å²) in [7, 11) is 0. The minimum atomic E-state index is -0.884. The fourth-order valence-corrected chi connectivity index (χ4v) is 2.54. The second-order valence-corrected chi connectivity index (χ2v) is 5.22. The van der Waals surface area contributed by atoms with Gasteiger partial charge in [0.1, 0.15) is 5.54 Å². The van der Waals surface area contributed by atoms with Gasteiger partial charge in [0.15, 0.2) is 0 Å². The van der Waals surface area contributed by atoms with Gasteiger partial charge in [0.05, 0.1) is 0 Å². The van der Waals surface area contributed by atoms with Crippen LogP contribution in [0.2, 0.25) is 0 Å². The maximum atomic E-state index is 12.2. The summed E-state index contributed by atoms with van der Waals surface area (Å²) in [5.74, 6) is -0.494. The third-order valence-corrected chi connectivity index (χ3v) is 4.04. The Morgan fingerprint density at radius 2 is 2.00 bits per heavy atom. The van der Waals surface area contributed by atoms with Crippen LogP contribution < -0.4 is 16.4 Å². The van der Waals surface area contributed by atoms with Crippen molar-refractivity contribution in [2.75, 3.05) is 6.54 Å². The Hall–Kier alpha value is -1.10. The maximum Gasteiger partial charge on any atom is 0.243 e. The fraction of sp³-hybridized carbons (Fsp3) is 0.846. The monoisotopic (exact) mass is 255 g/mol. The topological polar surface area (TPSA) is 84.2 Å². The average molecular weight is 255 g/mol. The highest BCUT2D eigenvalue weighted by atomic mass is 16.2. The normalized spacial score (nSPS) is 24.6. The minimum absolute atomic E-state index is 0.0157. The van der Waals surface area contributed by atoms with Gasteiger partial charge >= 0.3 is 0 Å². The molecule has 0 aliphatic carbocycles. The van der Waals surface area contributed by atoms with Crippen LogP contribution in [0.3, 0.4) is 0 Å². The molecule has 1 rings (SSSR count). The Morgan fingerprint density at radius 1 is 1.39 bits per heavy atom. The Morgan fingerprint density at radius 3 is 2.44 bits per heavy atom. The summed E-state index contributed by atoms with van der Waals surface area (Å²) in [6, 6.07) is 0.348. The minimum Gasteiger partial charge on any atom is -0.368 e. The Balaban J connectivity index is 2.69. The number of hydrogen-bond donors (Lipinski definition) is 3. The maximum absolute atomic E-state index is 12.2. The molecule has 0 aromatic heterocycles. The quantitative estimate of drug-likeness (QED) is 0.670. The average Bonchev–Trinajstić information content (AvgIpc) is 2.35. The van der Waals surface area contributed by atoms with Gasteiger partial charge < -0.3 is 16.4 Å². The van der Waals surface area contributed by atoms with E-state index in [0.29, 0.717) is 18.9 Å². The molecule has 18 heavy (non-hydrogen) atoms. The number of hydrogen-bond acceptors (Lipinski definition) is 3. The summed E-state index contributed by atoms with van der Waals surface area (Å²) in [5, 5.41) is 6.19. The van der Waals surface area contributed by atoms with E-state index in [1.165, 1.54) is 0 Å². The number of nitrogens with two attached hydrogens (primary N) is 1. The zero-order valence-corrected chi connectivity index (χ0v) is 11.6. The summed E-state index contributed by atoms with van der Waals surface area (Å²) in [4.78, 5) is 23.8. The zero-order valence-electron chi connectivity index (χ0n) is 11.6. The highest BCUT2D eigenvalue weighted by Crippen LogP contribution is 2.20. The number of amides is 2. The molecule has 0 unspecified atom stereocenters. The first-order valence-electron chi connectivity index (χ1n) is 6.80. The van der Waals surface area contributed by atoms with Crippen molar-refractivity contribution >= 4 is 11.8 Å². The van der Waals surface area contributed by atoms with Crippen LogP contribution in [0.1, 0.15) is 46.5 Å². The van der Waals surface area contributed by atoms with Gasteiger partial charge in [-0.15, -0.1) is 0 Å². The summed E-state index contributed by atoms with van der Waals surface area (Å²) < 4.78 is 0.